The molecule has 100 valence electrons. The number of sulfonamides is 1. The third-order valence-corrected chi connectivity index (χ3v) is 3.54. The van der Waals surface area contributed by atoms with Crippen molar-refractivity contribution in [3.05, 3.63) is 41.8 Å². The van der Waals surface area contributed by atoms with Crippen molar-refractivity contribution in [2.24, 2.45) is 0 Å². The van der Waals surface area contributed by atoms with Crippen LogP contribution in [0, 0.1) is 5.82 Å². The lowest BCUT2D eigenvalue weighted by atomic mass is 10.4. The van der Waals surface area contributed by atoms with E-state index in [1.807, 2.05) is 0 Å². The summed E-state index contributed by atoms with van der Waals surface area (Å²) in [7, 11) is -3.93. The Bertz CT molecular complexity index is 709. The van der Waals surface area contributed by atoms with Gasteiger partial charge in [-0.2, -0.15) is 5.10 Å². The second-order valence-corrected chi connectivity index (χ2v) is 5.21. The van der Waals surface area contributed by atoms with E-state index in [4.69, 9.17) is 5.11 Å². The van der Waals surface area contributed by atoms with Crippen molar-refractivity contribution < 1.29 is 22.7 Å². The molecule has 0 bridgehead atoms. The van der Waals surface area contributed by atoms with E-state index in [1.54, 1.807) is 0 Å². The van der Waals surface area contributed by atoms with E-state index >= 15 is 0 Å². The van der Waals surface area contributed by atoms with E-state index in [0.717, 1.165) is 30.3 Å². The van der Waals surface area contributed by atoms with Crippen LogP contribution < -0.4 is 4.72 Å². The lowest BCUT2D eigenvalue weighted by Crippen LogP contribution is -2.13. The minimum absolute atomic E-state index is 0.159. The number of aromatic carboxylic acids is 1. The van der Waals surface area contributed by atoms with Crippen molar-refractivity contribution >= 4 is 21.8 Å². The third-order valence-electron chi connectivity index (χ3n) is 2.17. The van der Waals surface area contributed by atoms with Crippen molar-refractivity contribution in [1.82, 2.24) is 10.2 Å². The summed E-state index contributed by atoms with van der Waals surface area (Å²) in [6, 6.07) is 5.21. The van der Waals surface area contributed by atoms with Crippen molar-refractivity contribution in [2.75, 3.05) is 4.72 Å². The van der Waals surface area contributed by atoms with Crippen LogP contribution in [0.1, 0.15) is 10.5 Å². The van der Waals surface area contributed by atoms with Gasteiger partial charge in [-0.15, -0.1) is 0 Å². The van der Waals surface area contributed by atoms with Gasteiger partial charge in [-0.05, 0) is 24.3 Å². The highest BCUT2D eigenvalue weighted by molar-refractivity contribution is 7.92. The number of hydrogen-bond acceptors (Lipinski definition) is 4. The maximum atomic E-state index is 12.7. The zero-order valence-electron chi connectivity index (χ0n) is 9.29. The first-order valence-corrected chi connectivity index (χ1v) is 6.44. The molecule has 19 heavy (non-hydrogen) atoms. The minimum Gasteiger partial charge on any atom is -0.477 e. The average Bonchev–Trinajstić information content (AvgIpc) is 2.77. The van der Waals surface area contributed by atoms with Crippen LogP contribution in [0.5, 0.6) is 0 Å². The number of aromatic amines is 1. The van der Waals surface area contributed by atoms with E-state index in [9.17, 15) is 17.6 Å². The summed E-state index contributed by atoms with van der Waals surface area (Å²) in [6.45, 7) is 0. The molecule has 2 rings (SSSR count). The zero-order chi connectivity index (χ0) is 14.0. The third kappa shape index (κ3) is 2.88. The number of carboxylic acids is 1. The van der Waals surface area contributed by atoms with Gasteiger partial charge in [-0.3, -0.25) is 9.82 Å². The van der Waals surface area contributed by atoms with Crippen molar-refractivity contribution in [1.29, 1.82) is 0 Å². The van der Waals surface area contributed by atoms with Crippen LogP contribution in [0.4, 0.5) is 10.2 Å². The van der Waals surface area contributed by atoms with Gasteiger partial charge in [0.25, 0.3) is 10.0 Å². The number of aromatic nitrogens is 2. The molecule has 2 aromatic rings. The summed E-state index contributed by atoms with van der Waals surface area (Å²) in [5.74, 6) is -1.99. The standard InChI is InChI=1S/C10H8FN3O4S/c11-6-1-3-7(4-2-6)19(17,18)14-9-5-8(10(15)16)12-13-9/h1-5H,(H,15,16)(H2,12,13,14). The molecule has 0 aliphatic rings. The highest BCUT2D eigenvalue weighted by Gasteiger charge is 2.17. The molecule has 7 nitrogen and oxygen atoms in total. The lowest BCUT2D eigenvalue weighted by Gasteiger charge is -2.04. The number of benzene rings is 1. The number of halogens is 1. The fourth-order valence-corrected chi connectivity index (χ4v) is 2.29. The Labute approximate surface area is 107 Å². The summed E-state index contributed by atoms with van der Waals surface area (Å²) >= 11 is 0. The predicted octanol–water partition coefficient (Wildman–Crippen LogP) is 1.05. The molecule has 1 heterocycles. The molecule has 0 unspecified atom stereocenters. The number of carbonyl (C=O) groups is 1. The number of hydrogen-bond donors (Lipinski definition) is 3. The van der Waals surface area contributed by atoms with Gasteiger partial charge in [0.2, 0.25) is 0 Å². The van der Waals surface area contributed by atoms with Crippen molar-refractivity contribution in [3.63, 3.8) is 0 Å². The molecule has 0 fully saturated rings. The smallest absolute Gasteiger partial charge is 0.353 e. The molecule has 1 aromatic carbocycles. The Morgan fingerprint density at radius 1 is 1.32 bits per heavy atom. The number of H-pyrrole nitrogens is 1. The van der Waals surface area contributed by atoms with Gasteiger partial charge in [0.1, 0.15) is 11.5 Å². The van der Waals surface area contributed by atoms with Gasteiger partial charge < -0.3 is 5.11 Å². The van der Waals surface area contributed by atoms with E-state index in [-0.39, 0.29) is 16.4 Å². The maximum absolute atomic E-state index is 12.7. The normalized spacial score (nSPS) is 11.2. The van der Waals surface area contributed by atoms with Crippen molar-refractivity contribution in [3.8, 4) is 0 Å². The summed E-state index contributed by atoms with van der Waals surface area (Å²) in [5.41, 5.74) is -0.253. The number of nitrogens with one attached hydrogen (secondary N) is 2. The van der Waals surface area contributed by atoms with Crippen LogP contribution in [0.25, 0.3) is 0 Å². The van der Waals surface area contributed by atoms with E-state index < -0.39 is 21.8 Å². The molecule has 0 aliphatic heterocycles. The Hall–Kier alpha value is -2.42. The van der Waals surface area contributed by atoms with E-state index in [1.165, 1.54) is 0 Å². The molecular formula is C10H8FN3O4S. The molecule has 0 aliphatic carbocycles. The summed E-state index contributed by atoms with van der Waals surface area (Å²) < 4.78 is 38.5. The molecule has 0 saturated carbocycles. The monoisotopic (exact) mass is 285 g/mol. The largest absolute Gasteiger partial charge is 0.477 e. The second kappa shape index (κ2) is 4.69. The topological polar surface area (TPSA) is 112 Å². The fraction of sp³-hybridized carbons (Fsp3) is 0. The highest BCUT2D eigenvalue weighted by Crippen LogP contribution is 2.15. The first-order chi connectivity index (χ1) is 8.88. The SMILES string of the molecule is O=C(O)c1cc(NS(=O)(=O)c2ccc(F)cc2)n[nH]1. The number of nitrogens with zero attached hydrogens (tertiary/aromatic N) is 1. The van der Waals surface area contributed by atoms with Crippen LogP contribution in [0.3, 0.4) is 0 Å². The first kappa shape index (κ1) is 13.0. The number of carboxylic acid groups (broad SMARTS) is 1. The Balaban J connectivity index is 2.25. The van der Waals surface area contributed by atoms with Crippen LogP contribution in [-0.4, -0.2) is 29.7 Å². The van der Waals surface area contributed by atoms with Crippen LogP contribution >= 0.6 is 0 Å². The molecule has 1 aromatic heterocycles. The lowest BCUT2D eigenvalue weighted by molar-refractivity contribution is 0.0690. The quantitative estimate of drug-likeness (QED) is 0.777. The Morgan fingerprint density at radius 3 is 2.47 bits per heavy atom. The van der Waals surface area contributed by atoms with Gasteiger partial charge in [-0.1, -0.05) is 0 Å². The average molecular weight is 285 g/mol. The van der Waals surface area contributed by atoms with E-state index in [2.05, 4.69) is 14.9 Å². The minimum atomic E-state index is -3.93. The van der Waals surface area contributed by atoms with Crippen LogP contribution in [0.2, 0.25) is 0 Å². The maximum Gasteiger partial charge on any atom is 0.353 e. The summed E-state index contributed by atoms with van der Waals surface area (Å²) in [6.07, 6.45) is 0. The second-order valence-electron chi connectivity index (χ2n) is 3.53. The molecule has 0 spiro atoms. The first-order valence-electron chi connectivity index (χ1n) is 4.95. The van der Waals surface area contributed by atoms with Crippen molar-refractivity contribution in [2.45, 2.75) is 4.90 Å². The predicted molar refractivity (Wildman–Crippen MR) is 62.8 cm³/mol. The van der Waals surface area contributed by atoms with Gasteiger partial charge in [0.05, 0.1) is 4.90 Å². The zero-order valence-corrected chi connectivity index (χ0v) is 10.1. The van der Waals surface area contributed by atoms with Gasteiger partial charge >= 0.3 is 5.97 Å². The molecule has 0 radical (unpaired) electrons. The molecule has 3 N–H and O–H groups in total. The Morgan fingerprint density at radius 2 is 1.95 bits per heavy atom. The van der Waals surface area contributed by atoms with Gasteiger partial charge in [0, 0.05) is 6.07 Å². The number of rotatable bonds is 4. The molecule has 9 heteroatoms. The fourth-order valence-electron chi connectivity index (χ4n) is 1.29. The summed E-state index contributed by atoms with van der Waals surface area (Å²) in [4.78, 5) is 10.4. The van der Waals surface area contributed by atoms with Gasteiger partial charge in [0.15, 0.2) is 5.82 Å². The molecule has 0 saturated heterocycles. The molecule has 0 atom stereocenters. The molecular weight excluding hydrogens is 277 g/mol. The molecule has 0 amide bonds. The van der Waals surface area contributed by atoms with E-state index in [0.29, 0.717) is 0 Å². The summed E-state index contributed by atoms with van der Waals surface area (Å²) in [5, 5.41) is 14.3. The number of anilines is 1. The van der Waals surface area contributed by atoms with Crippen LogP contribution in [-0.2, 0) is 10.0 Å². The Kier molecular flexibility index (Phi) is 3.21. The van der Waals surface area contributed by atoms with Gasteiger partial charge in [-0.25, -0.2) is 17.6 Å². The highest BCUT2D eigenvalue weighted by atomic mass is 32.2. The van der Waals surface area contributed by atoms with Crippen LogP contribution in [0.15, 0.2) is 35.2 Å².